The molecule has 1 aromatic rings. The Bertz CT molecular complexity index is 577. The molecule has 6 nitrogen and oxygen atoms in total. The van der Waals surface area contributed by atoms with Crippen LogP contribution in [0.25, 0.3) is 0 Å². The minimum absolute atomic E-state index is 0. The Labute approximate surface area is 187 Å². The first kappa shape index (κ1) is 25.1. The molecule has 0 bridgehead atoms. The number of guanidine groups is 1. The van der Waals surface area contributed by atoms with E-state index in [1.54, 1.807) is 0 Å². The highest BCUT2D eigenvalue weighted by molar-refractivity contribution is 14.0. The van der Waals surface area contributed by atoms with Gasteiger partial charge in [-0.2, -0.15) is 0 Å². The van der Waals surface area contributed by atoms with Gasteiger partial charge in [-0.05, 0) is 38.8 Å². The molecule has 1 aromatic carbocycles. The number of benzene rings is 1. The van der Waals surface area contributed by atoms with Crippen LogP contribution in [0.4, 0.5) is 0 Å². The van der Waals surface area contributed by atoms with Crippen molar-refractivity contribution in [3.8, 4) is 0 Å². The molecule has 1 fully saturated rings. The molecular formula is C21H37IN4O2. The second-order valence-electron chi connectivity index (χ2n) is 7.25. The van der Waals surface area contributed by atoms with Crippen LogP contribution in [-0.2, 0) is 22.6 Å². The third kappa shape index (κ3) is 9.54. The Morgan fingerprint density at radius 1 is 1.18 bits per heavy atom. The summed E-state index contributed by atoms with van der Waals surface area (Å²) in [5.74, 6) is 0.862. The lowest BCUT2D eigenvalue weighted by molar-refractivity contribution is 0.0211. The van der Waals surface area contributed by atoms with Gasteiger partial charge in [-0.15, -0.1) is 24.0 Å². The largest absolute Gasteiger partial charge is 0.379 e. The van der Waals surface area contributed by atoms with Gasteiger partial charge < -0.3 is 20.1 Å². The molecule has 0 saturated carbocycles. The number of hydrogen-bond acceptors (Lipinski definition) is 4. The van der Waals surface area contributed by atoms with E-state index in [1.807, 2.05) is 0 Å². The fourth-order valence-electron chi connectivity index (χ4n) is 2.98. The van der Waals surface area contributed by atoms with Crippen LogP contribution < -0.4 is 10.6 Å². The average molecular weight is 504 g/mol. The summed E-state index contributed by atoms with van der Waals surface area (Å²) in [5.41, 5.74) is 2.38. The normalized spacial score (nSPS) is 16.5. The second kappa shape index (κ2) is 14.1. The first-order valence-electron chi connectivity index (χ1n) is 10.1. The number of nitrogens with one attached hydrogen (secondary N) is 2. The summed E-state index contributed by atoms with van der Waals surface area (Å²) < 4.78 is 11.1. The van der Waals surface area contributed by atoms with E-state index < -0.39 is 0 Å². The minimum Gasteiger partial charge on any atom is -0.379 e. The summed E-state index contributed by atoms with van der Waals surface area (Å²) >= 11 is 0. The molecule has 2 rings (SSSR count). The van der Waals surface area contributed by atoms with Crippen LogP contribution in [0, 0.1) is 0 Å². The molecule has 2 N–H and O–H groups in total. The summed E-state index contributed by atoms with van der Waals surface area (Å²) in [6, 6.07) is 8.91. The second-order valence-corrected chi connectivity index (χ2v) is 7.25. The number of hydrogen-bond donors (Lipinski definition) is 2. The number of rotatable bonds is 9. The van der Waals surface area contributed by atoms with Crippen molar-refractivity contribution in [2.45, 2.75) is 53.0 Å². The van der Waals surface area contributed by atoms with Gasteiger partial charge in [-0.1, -0.05) is 24.3 Å². The summed E-state index contributed by atoms with van der Waals surface area (Å²) in [6.07, 6.45) is 0.240. The maximum atomic E-state index is 5.70. The summed E-state index contributed by atoms with van der Waals surface area (Å²) in [6.45, 7) is 15.1. The predicted octanol–water partition coefficient (Wildman–Crippen LogP) is 3.01. The van der Waals surface area contributed by atoms with Crippen LogP contribution in [0.2, 0.25) is 0 Å². The van der Waals surface area contributed by atoms with Crippen molar-refractivity contribution in [3.63, 3.8) is 0 Å². The highest BCUT2D eigenvalue weighted by Gasteiger charge is 2.16. The van der Waals surface area contributed by atoms with Gasteiger partial charge in [0.05, 0.1) is 32.5 Å². The van der Waals surface area contributed by atoms with Crippen molar-refractivity contribution < 1.29 is 9.47 Å². The molecule has 0 aliphatic carbocycles. The zero-order valence-corrected chi connectivity index (χ0v) is 20.1. The third-order valence-electron chi connectivity index (χ3n) is 4.57. The molecule has 1 heterocycles. The van der Waals surface area contributed by atoms with E-state index in [9.17, 15) is 0 Å². The Morgan fingerprint density at radius 2 is 1.89 bits per heavy atom. The van der Waals surface area contributed by atoms with Crippen molar-refractivity contribution in [3.05, 3.63) is 35.4 Å². The highest BCUT2D eigenvalue weighted by Crippen LogP contribution is 2.09. The molecule has 1 aliphatic rings. The van der Waals surface area contributed by atoms with Crippen LogP contribution in [-0.4, -0.2) is 62.4 Å². The topological polar surface area (TPSA) is 58.1 Å². The Morgan fingerprint density at radius 3 is 2.57 bits per heavy atom. The minimum atomic E-state index is 0. The number of morpholine rings is 1. The van der Waals surface area contributed by atoms with Gasteiger partial charge in [-0.25, -0.2) is 4.99 Å². The van der Waals surface area contributed by atoms with Crippen LogP contribution in [0.15, 0.2) is 29.3 Å². The highest BCUT2D eigenvalue weighted by atomic mass is 127. The molecule has 1 unspecified atom stereocenters. The summed E-state index contributed by atoms with van der Waals surface area (Å²) in [7, 11) is 0. The first-order chi connectivity index (χ1) is 13.1. The lowest BCUT2D eigenvalue weighted by atomic mass is 10.1. The molecule has 1 aliphatic heterocycles. The van der Waals surface area contributed by atoms with E-state index >= 15 is 0 Å². The Hall–Kier alpha value is -0.900. The fraction of sp³-hybridized carbons (Fsp3) is 0.667. The molecule has 0 spiro atoms. The SMILES string of the molecule is CCNC(=NCc1cccc(COC(C)C)c1)NCC(C)N1CCOCC1.I. The van der Waals surface area contributed by atoms with Crippen LogP contribution in [0.1, 0.15) is 38.8 Å². The lowest BCUT2D eigenvalue weighted by Gasteiger charge is -2.32. The molecule has 1 saturated heterocycles. The van der Waals surface area contributed by atoms with E-state index in [0.29, 0.717) is 19.2 Å². The van der Waals surface area contributed by atoms with Gasteiger partial charge in [0.2, 0.25) is 0 Å². The Kier molecular flexibility index (Phi) is 12.7. The quantitative estimate of drug-likeness (QED) is 0.308. The van der Waals surface area contributed by atoms with Crippen molar-refractivity contribution in [2.24, 2.45) is 4.99 Å². The molecule has 1 atom stereocenters. The van der Waals surface area contributed by atoms with Crippen molar-refractivity contribution in [2.75, 3.05) is 39.4 Å². The number of ether oxygens (including phenoxy) is 2. The first-order valence-corrected chi connectivity index (χ1v) is 10.1. The van der Waals surface area contributed by atoms with Gasteiger partial charge in [0.25, 0.3) is 0 Å². The van der Waals surface area contributed by atoms with E-state index in [-0.39, 0.29) is 30.1 Å². The maximum Gasteiger partial charge on any atom is 0.191 e. The summed E-state index contributed by atoms with van der Waals surface area (Å²) in [4.78, 5) is 7.20. The molecule has 0 amide bonds. The van der Waals surface area contributed by atoms with E-state index in [2.05, 4.69) is 67.5 Å². The molecule has 0 radical (unpaired) electrons. The maximum absolute atomic E-state index is 5.70. The number of halogens is 1. The van der Waals surface area contributed by atoms with Crippen molar-refractivity contribution in [1.82, 2.24) is 15.5 Å². The Balaban J connectivity index is 0.00000392. The average Bonchev–Trinajstić information content (AvgIpc) is 2.69. The van der Waals surface area contributed by atoms with Gasteiger partial charge in [0.1, 0.15) is 0 Å². The van der Waals surface area contributed by atoms with Gasteiger partial charge in [-0.3, -0.25) is 4.90 Å². The molecule has 160 valence electrons. The van der Waals surface area contributed by atoms with E-state index in [4.69, 9.17) is 14.5 Å². The van der Waals surface area contributed by atoms with E-state index in [1.165, 1.54) is 11.1 Å². The molecule has 0 aromatic heterocycles. The van der Waals surface area contributed by atoms with Gasteiger partial charge in [0, 0.05) is 32.2 Å². The predicted molar refractivity (Wildman–Crippen MR) is 126 cm³/mol. The zero-order chi connectivity index (χ0) is 19.5. The molecule has 7 heteroatoms. The van der Waals surface area contributed by atoms with Crippen LogP contribution in [0.3, 0.4) is 0 Å². The molecule has 28 heavy (non-hydrogen) atoms. The van der Waals surface area contributed by atoms with Gasteiger partial charge >= 0.3 is 0 Å². The van der Waals surface area contributed by atoms with Crippen molar-refractivity contribution in [1.29, 1.82) is 0 Å². The zero-order valence-electron chi connectivity index (χ0n) is 17.7. The fourth-order valence-corrected chi connectivity index (χ4v) is 2.98. The standard InChI is InChI=1S/C21H36N4O2.HI/c1-5-22-21(23-14-18(4)25-9-11-26-12-10-25)24-15-19-7-6-8-20(13-19)16-27-17(2)3;/h6-8,13,17-18H,5,9-12,14-16H2,1-4H3,(H2,22,23,24);1H. The smallest absolute Gasteiger partial charge is 0.191 e. The summed E-state index contributed by atoms with van der Waals surface area (Å²) in [5, 5.41) is 6.81. The monoisotopic (exact) mass is 504 g/mol. The molecular weight excluding hydrogens is 467 g/mol. The van der Waals surface area contributed by atoms with Gasteiger partial charge in [0.15, 0.2) is 5.96 Å². The lowest BCUT2D eigenvalue weighted by Crippen LogP contribution is -2.49. The van der Waals surface area contributed by atoms with Crippen molar-refractivity contribution >= 4 is 29.9 Å². The third-order valence-corrected chi connectivity index (χ3v) is 4.57. The number of nitrogens with zero attached hydrogens (tertiary/aromatic N) is 2. The number of aliphatic imine (C=N–C) groups is 1. The van der Waals surface area contributed by atoms with E-state index in [0.717, 1.165) is 45.4 Å². The van der Waals surface area contributed by atoms with Crippen LogP contribution in [0.5, 0.6) is 0 Å². The van der Waals surface area contributed by atoms with Crippen LogP contribution >= 0.6 is 24.0 Å².